The van der Waals surface area contributed by atoms with Crippen molar-refractivity contribution >= 4 is 27.3 Å². The van der Waals surface area contributed by atoms with Gasteiger partial charge >= 0.3 is 0 Å². The molecule has 2 aromatic rings. The van der Waals surface area contributed by atoms with E-state index in [9.17, 15) is 13.2 Å². The highest BCUT2D eigenvalue weighted by Gasteiger charge is 2.27. The van der Waals surface area contributed by atoms with Crippen molar-refractivity contribution in [3.63, 3.8) is 0 Å². The van der Waals surface area contributed by atoms with E-state index in [2.05, 4.69) is 10.2 Å². The summed E-state index contributed by atoms with van der Waals surface area (Å²) in [5.74, 6) is 0.483. The van der Waals surface area contributed by atoms with Gasteiger partial charge in [0.15, 0.2) is 0 Å². The van der Waals surface area contributed by atoms with Crippen LogP contribution in [0, 0.1) is 6.92 Å². The number of morpholine rings is 1. The van der Waals surface area contributed by atoms with Crippen LogP contribution in [0.4, 0.5) is 11.4 Å². The van der Waals surface area contributed by atoms with Crippen LogP contribution in [0.3, 0.4) is 0 Å². The smallest absolute Gasteiger partial charge is 0.243 e. The van der Waals surface area contributed by atoms with Crippen LogP contribution in [0.25, 0.3) is 0 Å². The molecule has 4 rings (SSSR count). The highest BCUT2D eigenvalue weighted by atomic mass is 32.2. The van der Waals surface area contributed by atoms with Gasteiger partial charge in [-0.25, -0.2) is 8.42 Å². The van der Waals surface area contributed by atoms with Crippen molar-refractivity contribution in [1.82, 2.24) is 4.31 Å². The molecule has 0 saturated carbocycles. The van der Waals surface area contributed by atoms with E-state index in [1.54, 1.807) is 22.5 Å². The second-order valence-electron chi connectivity index (χ2n) is 8.70. The third-order valence-electron chi connectivity index (χ3n) is 6.17. The molecule has 2 aliphatic rings. The zero-order chi connectivity index (χ0) is 24.0. The Balaban J connectivity index is 1.49. The standard InChI is InChI=1S/C25H33N3O5S/c1-20-5-7-21(8-6-20)33-16-11-25(29)26-23-19-22(34(30,31)28-12-3-2-4-13-28)9-10-24(23)27-14-17-32-18-15-27/h5-10,19H,2-4,11-18H2,1H3,(H,26,29). The maximum Gasteiger partial charge on any atom is 0.243 e. The van der Waals surface area contributed by atoms with E-state index < -0.39 is 10.0 Å². The molecule has 184 valence electrons. The SMILES string of the molecule is Cc1ccc(OCCC(=O)Nc2cc(S(=O)(=O)N3CCCCC3)ccc2N2CCOCC2)cc1. The van der Waals surface area contributed by atoms with Gasteiger partial charge in [0.2, 0.25) is 15.9 Å². The summed E-state index contributed by atoms with van der Waals surface area (Å²) >= 11 is 0. The van der Waals surface area contributed by atoms with E-state index in [1.807, 2.05) is 31.2 Å². The molecule has 1 N–H and O–H groups in total. The molecule has 0 radical (unpaired) electrons. The lowest BCUT2D eigenvalue weighted by Gasteiger charge is -2.31. The number of nitrogens with zero attached hydrogens (tertiary/aromatic N) is 2. The van der Waals surface area contributed by atoms with Crippen molar-refractivity contribution in [3.05, 3.63) is 48.0 Å². The predicted octanol–water partition coefficient (Wildman–Crippen LogP) is 3.41. The van der Waals surface area contributed by atoms with Crippen LogP contribution in [-0.2, 0) is 19.6 Å². The molecule has 2 aliphatic heterocycles. The third-order valence-corrected chi connectivity index (χ3v) is 8.06. The lowest BCUT2D eigenvalue weighted by molar-refractivity contribution is -0.116. The zero-order valence-corrected chi connectivity index (χ0v) is 20.5. The first-order valence-electron chi connectivity index (χ1n) is 11.9. The Labute approximate surface area is 201 Å². The third kappa shape index (κ3) is 6.08. The molecular weight excluding hydrogens is 454 g/mol. The van der Waals surface area contributed by atoms with Gasteiger partial charge in [-0.1, -0.05) is 24.1 Å². The molecule has 0 spiro atoms. The van der Waals surface area contributed by atoms with Crippen LogP contribution in [0.2, 0.25) is 0 Å². The minimum atomic E-state index is -3.61. The summed E-state index contributed by atoms with van der Waals surface area (Å²) in [6.07, 6.45) is 2.94. The quantitative estimate of drug-likeness (QED) is 0.614. The number of aryl methyl sites for hydroxylation is 1. The molecule has 1 amide bonds. The molecular formula is C25H33N3O5S. The Morgan fingerprint density at radius 3 is 2.41 bits per heavy atom. The highest BCUT2D eigenvalue weighted by molar-refractivity contribution is 7.89. The van der Waals surface area contributed by atoms with Crippen molar-refractivity contribution in [3.8, 4) is 5.75 Å². The van der Waals surface area contributed by atoms with Crippen LogP contribution < -0.4 is 15.0 Å². The van der Waals surface area contributed by atoms with E-state index in [0.717, 1.165) is 30.5 Å². The van der Waals surface area contributed by atoms with Gasteiger partial charge in [0.05, 0.1) is 42.5 Å². The van der Waals surface area contributed by atoms with Crippen molar-refractivity contribution in [1.29, 1.82) is 0 Å². The summed E-state index contributed by atoms with van der Waals surface area (Å²) in [4.78, 5) is 15.1. The fourth-order valence-electron chi connectivity index (χ4n) is 4.22. The van der Waals surface area contributed by atoms with Gasteiger partial charge in [-0.2, -0.15) is 4.31 Å². The Morgan fingerprint density at radius 2 is 1.71 bits per heavy atom. The van der Waals surface area contributed by atoms with Crippen molar-refractivity contribution in [2.24, 2.45) is 0 Å². The van der Waals surface area contributed by atoms with E-state index in [4.69, 9.17) is 9.47 Å². The van der Waals surface area contributed by atoms with Gasteiger partial charge in [0.1, 0.15) is 5.75 Å². The second kappa shape index (κ2) is 11.2. The number of nitrogens with one attached hydrogen (secondary N) is 1. The molecule has 2 heterocycles. The van der Waals surface area contributed by atoms with Crippen LogP contribution in [-0.4, -0.2) is 64.6 Å². The zero-order valence-electron chi connectivity index (χ0n) is 19.7. The van der Waals surface area contributed by atoms with Crippen LogP contribution in [0.1, 0.15) is 31.2 Å². The first-order valence-corrected chi connectivity index (χ1v) is 13.3. The second-order valence-corrected chi connectivity index (χ2v) is 10.6. The molecule has 9 heteroatoms. The molecule has 2 aromatic carbocycles. The van der Waals surface area contributed by atoms with Gasteiger partial charge in [0, 0.05) is 26.2 Å². The minimum Gasteiger partial charge on any atom is -0.493 e. The van der Waals surface area contributed by atoms with Crippen molar-refractivity contribution < 1.29 is 22.7 Å². The largest absolute Gasteiger partial charge is 0.493 e. The van der Waals surface area contributed by atoms with Gasteiger partial charge in [0.25, 0.3) is 0 Å². The number of carbonyl (C=O) groups excluding carboxylic acids is 1. The number of piperidine rings is 1. The Hall–Kier alpha value is -2.62. The number of amides is 1. The molecule has 2 saturated heterocycles. The van der Waals surface area contributed by atoms with E-state index in [1.165, 1.54) is 0 Å². The molecule has 0 aliphatic carbocycles. The predicted molar refractivity (Wildman–Crippen MR) is 132 cm³/mol. The number of hydrogen-bond acceptors (Lipinski definition) is 6. The molecule has 0 unspecified atom stereocenters. The fourth-order valence-corrected chi connectivity index (χ4v) is 5.76. The Bertz CT molecular complexity index is 1080. The summed E-state index contributed by atoms with van der Waals surface area (Å²) in [6.45, 7) is 5.83. The lowest BCUT2D eigenvalue weighted by atomic mass is 10.2. The number of benzene rings is 2. The average Bonchev–Trinajstić information content (AvgIpc) is 2.86. The number of rotatable bonds is 8. The summed E-state index contributed by atoms with van der Waals surface area (Å²) in [7, 11) is -3.61. The number of hydrogen-bond donors (Lipinski definition) is 1. The van der Waals surface area contributed by atoms with E-state index >= 15 is 0 Å². The summed E-state index contributed by atoms with van der Waals surface area (Å²) in [5, 5.41) is 2.93. The Kier molecular flexibility index (Phi) is 8.07. The fraction of sp³-hybridized carbons (Fsp3) is 0.480. The monoisotopic (exact) mass is 487 g/mol. The van der Waals surface area contributed by atoms with Gasteiger partial charge < -0.3 is 19.7 Å². The van der Waals surface area contributed by atoms with Crippen molar-refractivity contribution in [2.45, 2.75) is 37.5 Å². The number of carbonyl (C=O) groups is 1. The number of ether oxygens (including phenoxy) is 2. The lowest BCUT2D eigenvalue weighted by Crippen LogP contribution is -2.37. The van der Waals surface area contributed by atoms with E-state index in [0.29, 0.717) is 50.8 Å². The first-order chi connectivity index (χ1) is 16.4. The van der Waals surface area contributed by atoms with Gasteiger partial charge in [-0.3, -0.25) is 4.79 Å². The molecule has 2 fully saturated rings. The normalized spacial score (nSPS) is 17.4. The molecule has 0 bridgehead atoms. The topological polar surface area (TPSA) is 88.2 Å². The molecule has 0 aromatic heterocycles. The van der Waals surface area contributed by atoms with Gasteiger partial charge in [-0.15, -0.1) is 0 Å². The maximum absolute atomic E-state index is 13.2. The summed E-state index contributed by atoms with van der Waals surface area (Å²) in [5.41, 5.74) is 2.44. The average molecular weight is 488 g/mol. The van der Waals surface area contributed by atoms with Crippen LogP contribution >= 0.6 is 0 Å². The number of sulfonamides is 1. The van der Waals surface area contributed by atoms with Crippen LogP contribution in [0.5, 0.6) is 5.75 Å². The van der Waals surface area contributed by atoms with Crippen molar-refractivity contribution in [2.75, 3.05) is 56.2 Å². The molecule has 8 nitrogen and oxygen atoms in total. The Morgan fingerprint density at radius 1 is 1.00 bits per heavy atom. The van der Waals surface area contributed by atoms with Crippen LogP contribution in [0.15, 0.2) is 47.4 Å². The molecule has 34 heavy (non-hydrogen) atoms. The van der Waals surface area contributed by atoms with E-state index in [-0.39, 0.29) is 23.8 Å². The highest BCUT2D eigenvalue weighted by Crippen LogP contribution is 2.31. The summed E-state index contributed by atoms with van der Waals surface area (Å²) in [6, 6.07) is 12.7. The van der Waals surface area contributed by atoms with Gasteiger partial charge in [-0.05, 0) is 50.1 Å². The maximum atomic E-state index is 13.2. The summed E-state index contributed by atoms with van der Waals surface area (Å²) < 4.78 is 39.1. The molecule has 0 atom stereocenters. The first kappa shape index (κ1) is 24.5. The minimum absolute atomic E-state index is 0.152. The number of anilines is 2.